The number of aliphatic imine (C=N–C) groups is 1. The molecule has 0 aliphatic heterocycles. The summed E-state index contributed by atoms with van der Waals surface area (Å²) in [5.74, 6) is 0.986. The van der Waals surface area contributed by atoms with Crippen molar-refractivity contribution < 1.29 is 0 Å². The molecule has 4 heteroatoms. The molecule has 0 heterocycles. The van der Waals surface area contributed by atoms with Crippen LogP contribution in [0.25, 0.3) is 0 Å². The smallest absolute Gasteiger partial charge is 0.195 e. The lowest BCUT2D eigenvalue weighted by molar-refractivity contribution is 0.464. The monoisotopic (exact) mass is 325 g/mol. The van der Waals surface area contributed by atoms with Gasteiger partial charge in [-0.2, -0.15) is 0 Å². The Bertz CT molecular complexity index is 440. The Morgan fingerprint density at radius 1 is 1.11 bits per heavy atom. The first-order valence-electron chi connectivity index (χ1n) is 6.40. The Morgan fingerprint density at radius 2 is 1.63 bits per heavy atom. The van der Waals surface area contributed by atoms with Crippen molar-refractivity contribution in [2.75, 3.05) is 34.7 Å². The molecular formula is C15H24BrN3. The summed E-state index contributed by atoms with van der Waals surface area (Å²) >= 11 is 3.63. The van der Waals surface area contributed by atoms with Crippen LogP contribution < -0.4 is 0 Å². The fourth-order valence-electron chi connectivity index (χ4n) is 2.05. The summed E-state index contributed by atoms with van der Waals surface area (Å²) in [6.07, 6.45) is 0. The highest BCUT2D eigenvalue weighted by molar-refractivity contribution is 9.10. The Balaban J connectivity index is 2.97. The molecule has 0 fully saturated rings. The largest absolute Gasteiger partial charge is 0.349 e. The summed E-state index contributed by atoms with van der Waals surface area (Å²) in [4.78, 5) is 8.84. The van der Waals surface area contributed by atoms with Crippen LogP contribution in [0.1, 0.15) is 19.4 Å². The topological polar surface area (TPSA) is 18.8 Å². The number of nitrogens with zero attached hydrogens (tertiary/aromatic N) is 3. The first-order chi connectivity index (χ1) is 8.75. The average Bonchev–Trinajstić information content (AvgIpc) is 2.28. The van der Waals surface area contributed by atoms with Gasteiger partial charge >= 0.3 is 0 Å². The van der Waals surface area contributed by atoms with E-state index in [1.807, 2.05) is 44.1 Å². The molecule has 19 heavy (non-hydrogen) atoms. The van der Waals surface area contributed by atoms with Crippen molar-refractivity contribution in [2.45, 2.75) is 19.3 Å². The van der Waals surface area contributed by atoms with E-state index < -0.39 is 0 Å². The lowest BCUT2D eigenvalue weighted by Gasteiger charge is -2.28. The summed E-state index contributed by atoms with van der Waals surface area (Å²) < 4.78 is 1.14. The van der Waals surface area contributed by atoms with Crippen LogP contribution in [0.3, 0.4) is 0 Å². The van der Waals surface area contributed by atoms with E-state index in [1.165, 1.54) is 5.56 Å². The van der Waals surface area contributed by atoms with Gasteiger partial charge in [-0.1, -0.05) is 48.0 Å². The maximum atomic E-state index is 4.76. The number of hydrogen-bond donors (Lipinski definition) is 0. The Morgan fingerprint density at radius 3 is 2.11 bits per heavy atom. The first-order valence-corrected chi connectivity index (χ1v) is 7.19. The standard InChI is InChI=1S/C15H24BrN3/c1-15(2,12-9-7-8-10-13(12)16)11-17-14(18(3)4)19(5)6/h7-10H,11H2,1-6H3. The van der Waals surface area contributed by atoms with E-state index in [9.17, 15) is 0 Å². The van der Waals surface area contributed by atoms with Crippen LogP contribution in [-0.2, 0) is 5.41 Å². The number of guanidine groups is 1. The van der Waals surface area contributed by atoms with E-state index in [4.69, 9.17) is 4.99 Å². The number of benzene rings is 1. The number of halogens is 1. The summed E-state index contributed by atoms with van der Waals surface area (Å²) in [6, 6.07) is 8.35. The molecule has 0 aromatic heterocycles. The van der Waals surface area contributed by atoms with Crippen molar-refractivity contribution in [3.63, 3.8) is 0 Å². The zero-order chi connectivity index (χ0) is 14.6. The van der Waals surface area contributed by atoms with Crippen molar-refractivity contribution >= 4 is 21.9 Å². The molecule has 0 bridgehead atoms. The van der Waals surface area contributed by atoms with Gasteiger partial charge < -0.3 is 9.80 Å². The molecule has 1 aromatic rings. The molecule has 0 aliphatic rings. The molecule has 0 radical (unpaired) electrons. The molecule has 0 saturated heterocycles. The predicted molar refractivity (Wildman–Crippen MR) is 86.8 cm³/mol. The summed E-state index contributed by atoms with van der Waals surface area (Å²) in [6.45, 7) is 5.19. The predicted octanol–water partition coefficient (Wildman–Crippen LogP) is 3.21. The van der Waals surface area contributed by atoms with Gasteiger partial charge in [0, 0.05) is 38.1 Å². The van der Waals surface area contributed by atoms with E-state index in [0.29, 0.717) is 0 Å². The molecule has 3 nitrogen and oxygen atoms in total. The highest BCUT2D eigenvalue weighted by atomic mass is 79.9. The van der Waals surface area contributed by atoms with Gasteiger partial charge in [-0.15, -0.1) is 0 Å². The molecule has 0 amide bonds. The van der Waals surface area contributed by atoms with Crippen LogP contribution in [0.2, 0.25) is 0 Å². The molecular weight excluding hydrogens is 302 g/mol. The fourth-order valence-corrected chi connectivity index (χ4v) is 2.87. The Hall–Kier alpha value is -1.03. The van der Waals surface area contributed by atoms with Crippen molar-refractivity contribution in [2.24, 2.45) is 4.99 Å². The number of rotatable bonds is 3. The van der Waals surface area contributed by atoms with E-state index in [0.717, 1.165) is 17.0 Å². The van der Waals surface area contributed by atoms with Gasteiger partial charge in [-0.05, 0) is 11.6 Å². The Kier molecular flexibility index (Phi) is 5.41. The third-order valence-corrected chi connectivity index (χ3v) is 3.71. The molecule has 1 aromatic carbocycles. The maximum absolute atomic E-state index is 4.76. The van der Waals surface area contributed by atoms with Crippen LogP contribution in [0.4, 0.5) is 0 Å². The van der Waals surface area contributed by atoms with Crippen molar-refractivity contribution in [3.8, 4) is 0 Å². The molecule has 106 valence electrons. The van der Waals surface area contributed by atoms with E-state index in [-0.39, 0.29) is 5.41 Å². The summed E-state index contributed by atoms with van der Waals surface area (Å²) in [5.41, 5.74) is 1.28. The summed E-state index contributed by atoms with van der Waals surface area (Å²) in [5, 5.41) is 0. The van der Waals surface area contributed by atoms with Crippen LogP contribution >= 0.6 is 15.9 Å². The lowest BCUT2D eigenvalue weighted by atomic mass is 9.85. The van der Waals surface area contributed by atoms with Gasteiger partial charge in [0.15, 0.2) is 5.96 Å². The molecule has 0 spiro atoms. The van der Waals surface area contributed by atoms with E-state index in [1.54, 1.807) is 0 Å². The first kappa shape index (κ1) is 16.0. The quantitative estimate of drug-likeness (QED) is 0.627. The van der Waals surface area contributed by atoms with Gasteiger partial charge in [0.25, 0.3) is 0 Å². The SMILES string of the molecule is CN(C)C(=NCC(C)(C)c1ccccc1Br)N(C)C. The maximum Gasteiger partial charge on any atom is 0.195 e. The van der Waals surface area contributed by atoms with Crippen LogP contribution in [-0.4, -0.2) is 50.5 Å². The third kappa shape index (κ3) is 4.23. The minimum Gasteiger partial charge on any atom is -0.349 e. The minimum atomic E-state index is -0.00262. The second-order valence-electron chi connectivity index (χ2n) is 5.77. The average molecular weight is 326 g/mol. The van der Waals surface area contributed by atoms with Crippen LogP contribution in [0.15, 0.2) is 33.7 Å². The second kappa shape index (κ2) is 6.42. The second-order valence-corrected chi connectivity index (χ2v) is 6.62. The van der Waals surface area contributed by atoms with Crippen molar-refractivity contribution in [1.82, 2.24) is 9.80 Å². The van der Waals surface area contributed by atoms with Gasteiger partial charge in [-0.3, -0.25) is 4.99 Å². The van der Waals surface area contributed by atoms with Crippen LogP contribution in [0, 0.1) is 0 Å². The van der Waals surface area contributed by atoms with Gasteiger partial charge in [0.05, 0.1) is 6.54 Å². The molecule has 0 saturated carbocycles. The van der Waals surface area contributed by atoms with E-state index in [2.05, 4.69) is 48.0 Å². The minimum absolute atomic E-state index is 0.00262. The summed E-state index contributed by atoms with van der Waals surface area (Å²) in [7, 11) is 8.07. The third-order valence-electron chi connectivity index (χ3n) is 3.02. The molecule has 0 N–H and O–H groups in total. The zero-order valence-corrected chi connectivity index (χ0v) is 14.3. The molecule has 0 unspecified atom stereocenters. The number of hydrogen-bond acceptors (Lipinski definition) is 1. The molecule has 0 aliphatic carbocycles. The fraction of sp³-hybridized carbons (Fsp3) is 0.533. The highest BCUT2D eigenvalue weighted by Crippen LogP contribution is 2.30. The molecule has 1 rings (SSSR count). The molecule has 0 atom stereocenters. The Labute approximate surface area is 125 Å². The van der Waals surface area contributed by atoms with E-state index >= 15 is 0 Å². The van der Waals surface area contributed by atoms with Crippen LogP contribution in [0.5, 0.6) is 0 Å². The van der Waals surface area contributed by atoms with Crippen molar-refractivity contribution in [1.29, 1.82) is 0 Å². The normalized spacial score (nSPS) is 11.1. The zero-order valence-electron chi connectivity index (χ0n) is 12.7. The lowest BCUT2D eigenvalue weighted by Crippen LogP contribution is -2.36. The van der Waals surface area contributed by atoms with Gasteiger partial charge in [0.1, 0.15) is 0 Å². The van der Waals surface area contributed by atoms with Gasteiger partial charge in [-0.25, -0.2) is 0 Å². The highest BCUT2D eigenvalue weighted by Gasteiger charge is 2.23. The van der Waals surface area contributed by atoms with Crippen molar-refractivity contribution in [3.05, 3.63) is 34.3 Å². The van der Waals surface area contributed by atoms with Gasteiger partial charge in [0.2, 0.25) is 0 Å².